The van der Waals surface area contributed by atoms with Gasteiger partial charge in [0.15, 0.2) is 5.78 Å². The lowest BCUT2D eigenvalue weighted by Crippen LogP contribution is -2.01. The molecule has 16 heavy (non-hydrogen) atoms. The maximum atomic E-state index is 11.8. The van der Waals surface area contributed by atoms with Gasteiger partial charge in [-0.15, -0.1) is 0 Å². The third-order valence-corrected chi connectivity index (χ3v) is 2.73. The molecular weight excluding hydrogens is 224 g/mol. The predicted octanol–water partition coefficient (Wildman–Crippen LogP) is 3.97. The van der Waals surface area contributed by atoms with Gasteiger partial charge in [-0.25, -0.2) is 0 Å². The van der Waals surface area contributed by atoms with Crippen molar-refractivity contribution in [3.8, 4) is 5.75 Å². The Morgan fingerprint density at radius 2 is 2.12 bits per heavy atom. The maximum Gasteiger partial charge on any atom is 0.163 e. The summed E-state index contributed by atoms with van der Waals surface area (Å²) < 4.78 is 5.08. The molecule has 2 nitrogen and oxygen atoms in total. The molecule has 0 fully saturated rings. The Hall–Kier alpha value is -1.02. The first-order valence-corrected chi connectivity index (χ1v) is 5.79. The van der Waals surface area contributed by atoms with E-state index in [-0.39, 0.29) is 5.78 Å². The summed E-state index contributed by atoms with van der Waals surface area (Å²) in [5, 5.41) is 0.530. The lowest BCUT2D eigenvalue weighted by molar-refractivity contribution is 0.0975. The third-order valence-electron chi connectivity index (χ3n) is 2.42. The predicted molar refractivity (Wildman–Crippen MR) is 66.4 cm³/mol. The largest absolute Gasteiger partial charge is 0.495 e. The molecule has 0 bridgehead atoms. The van der Waals surface area contributed by atoms with Crippen LogP contribution in [-0.4, -0.2) is 12.9 Å². The van der Waals surface area contributed by atoms with Gasteiger partial charge in [-0.2, -0.15) is 0 Å². The fourth-order valence-corrected chi connectivity index (χ4v) is 1.59. The summed E-state index contributed by atoms with van der Waals surface area (Å²) in [6, 6.07) is 5.14. The molecule has 0 radical (unpaired) electrons. The van der Waals surface area contributed by atoms with Crippen LogP contribution in [0, 0.1) is 5.92 Å². The minimum absolute atomic E-state index is 0.142. The van der Waals surface area contributed by atoms with Crippen molar-refractivity contribution in [1.29, 1.82) is 0 Å². The number of ketones is 1. The summed E-state index contributed by atoms with van der Waals surface area (Å²) in [5.74, 6) is 1.24. The number of hydrogen-bond acceptors (Lipinski definition) is 2. The summed E-state index contributed by atoms with van der Waals surface area (Å²) in [7, 11) is 1.55. The molecular formula is C13H17ClO2. The van der Waals surface area contributed by atoms with Crippen molar-refractivity contribution in [2.24, 2.45) is 5.92 Å². The number of hydrogen-bond donors (Lipinski definition) is 0. The molecule has 1 aromatic rings. The van der Waals surface area contributed by atoms with Crippen LogP contribution in [0.15, 0.2) is 18.2 Å². The summed E-state index contributed by atoms with van der Waals surface area (Å²) in [4.78, 5) is 11.8. The lowest BCUT2D eigenvalue weighted by Gasteiger charge is -2.07. The molecule has 0 aliphatic rings. The minimum Gasteiger partial charge on any atom is -0.495 e. The van der Waals surface area contributed by atoms with Gasteiger partial charge < -0.3 is 4.74 Å². The number of methoxy groups -OCH3 is 1. The minimum atomic E-state index is 0.142. The van der Waals surface area contributed by atoms with Crippen LogP contribution in [0.5, 0.6) is 5.75 Å². The average Bonchev–Trinajstić information content (AvgIpc) is 2.26. The van der Waals surface area contributed by atoms with Crippen molar-refractivity contribution >= 4 is 17.4 Å². The number of halogens is 1. The van der Waals surface area contributed by atoms with E-state index in [4.69, 9.17) is 16.3 Å². The number of rotatable bonds is 5. The SMILES string of the molecule is COc1cc(C(=O)CCC(C)C)ccc1Cl. The highest BCUT2D eigenvalue weighted by molar-refractivity contribution is 6.32. The molecule has 0 aliphatic carbocycles. The molecule has 3 heteroatoms. The zero-order valence-electron chi connectivity index (χ0n) is 9.92. The van der Waals surface area contributed by atoms with Crippen molar-refractivity contribution < 1.29 is 9.53 Å². The zero-order valence-corrected chi connectivity index (χ0v) is 10.7. The van der Waals surface area contributed by atoms with Gasteiger partial charge >= 0.3 is 0 Å². The van der Waals surface area contributed by atoms with Gasteiger partial charge in [0, 0.05) is 12.0 Å². The number of ether oxygens (including phenoxy) is 1. The van der Waals surface area contributed by atoms with Crippen molar-refractivity contribution in [2.75, 3.05) is 7.11 Å². The van der Waals surface area contributed by atoms with Crippen molar-refractivity contribution in [3.63, 3.8) is 0 Å². The highest BCUT2D eigenvalue weighted by Crippen LogP contribution is 2.25. The van der Waals surface area contributed by atoms with Crippen molar-refractivity contribution in [3.05, 3.63) is 28.8 Å². The number of Topliss-reactive ketones (excluding diaryl/α,β-unsaturated/α-hetero) is 1. The van der Waals surface area contributed by atoms with E-state index < -0.39 is 0 Å². The molecule has 88 valence electrons. The smallest absolute Gasteiger partial charge is 0.163 e. The first-order valence-electron chi connectivity index (χ1n) is 5.41. The molecule has 0 N–H and O–H groups in total. The van der Waals surface area contributed by atoms with E-state index in [2.05, 4.69) is 13.8 Å². The number of benzene rings is 1. The standard InChI is InChI=1S/C13H17ClO2/c1-9(2)4-7-12(15)10-5-6-11(14)13(8-10)16-3/h5-6,8-9H,4,7H2,1-3H3. The fraction of sp³-hybridized carbons (Fsp3) is 0.462. The molecule has 0 aliphatic heterocycles. The van der Waals surface area contributed by atoms with Crippen molar-refractivity contribution in [1.82, 2.24) is 0 Å². The lowest BCUT2D eigenvalue weighted by atomic mass is 10.0. The van der Waals surface area contributed by atoms with E-state index in [1.807, 2.05) is 0 Å². The second-order valence-corrected chi connectivity index (χ2v) is 4.61. The molecule has 0 heterocycles. The quantitative estimate of drug-likeness (QED) is 0.728. The maximum absolute atomic E-state index is 11.8. The topological polar surface area (TPSA) is 26.3 Å². The Morgan fingerprint density at radius 3 is 2.69 bits per heavy atom. The van der Waals surface area contributed by atoms with Gasteiger partial charge in [0.2, 0.25) is 0 Å². The van der Waals surface area contributed by atoms with Gasteiger partial charge in [0.1, 0.15) is 5.75 Å². The van der Waals surface area contributed by atoms with Crippen LogP contribution in [-0.2, 0) is 0 Å². The van der Waals surface area contributed by atoms with Gasteiger partial charge in [-0.05, 0) is 30.5 Å². The van der Waals surface area contributed by atoms with Crippen LogP contribution >= 0.6 is 11.6 Å². The van der Waals surface area contributed by atoms with Gasteiger partial charge in [0.25, 0.3) is 0 Å². The van der Waals surface area contributed by atoms with E-state index in [9.17, 15) is 4.79 Å². The number of carbonyl (C=O) groups excluding carboxylic acids is 1. The van der Waals surface area contributed by atoms with Crippen LogP contribution in [0.2, 0.25) is 5.02 Å². The van der Waals surface area contributed by atoms with Gasteiger partial charge in [-0.1, -0.05) is 25.4 Å². The Balaban J connectivity index is 2.76. The molecule has 0 saturated carbocycles. The zero-order chi connectivity index (χ0) is 12.1. The second kappa shape index (κ2) is 5.90. The first kappa shape index (κ1) is 13.0. The highest BCUT2D eigenvalue weighted by Gasteiger charge is 2.09. The summed E-state index contributed by atoms with van der Waals surface area (Å²) in [6.45, 7) is 4.21. The molecule has 0 unspecified atom stereocenters. The Labute approximate surface area is 102 Å². The Morgan fingerprint density at radius 1 is 1.44 bits per heavy atom. The summed E-state index contributed by atoms with van der Waals surface area (Å²) in [6.07, 6.45) is 1.48. The monoisotopic (exact) mass is 240 g/mol. The van der Waals surface area contributed by atoms with Gasteiger partial charge in [-0.3, -0.25) is 4.79 Å². The number of carbonyl (C=O) groups is 1. The molecule has 0 atom stereocenters. The second-order valence-electron chi connectivity index (χ2n) is 4.21. The van der Waals surface area contributed by atoms with Crippen LogP contribution in [0.1, 0.15) is 37.0 Å². The van der Waals surface area contributed by atoms with Crippen molar-refractivity contribution in [2.45, 2.75) is 26.7 Å². The molecule has 0 aromatic heterocycles. The first-order chi connectivity index (χ1) is 7.54. The summed E-state index contributed by atoms with van der Waals surface area (Å²) >= 11 is 5.89. The van der Waals surface area contributed by atoms with E-state index in [1.54, 1.807) is 25.3 Å². The Bertz CT molecular complexity index is 372. The van der Waals surface area contributed by atoms with E-state index in [1.165, 1.54) is 0 Å². The van der Waals surface area contributed by atoms with E-state index in [0.717, 1.165) is 6.42 Å². The van der Waals surface area contributed by atoms with Crippen LogP contribution in [0.3, 0.4) is 0 Å². The molecule has 0 saturated heterocycles. The molecule has 0 amide bonds. The van der Waals surface area contributed by atoms with Gasteiger partial charge in [0.05, 0.1) is 12.1 Å². The van der Waals surface area contributed by atoms with Crippen LogP contribution < -0.4 is 4.74 Å². The highest BCUT2D eigenvalue weighted by atomic mass is 35.5. The Kier molecular flexibility index (Phi) is 4.81. The normalized spacial score (nSPS) is 10.6. The summed E-state index contributed by atoms with van der Waals surface area (Å²) in [5.41, 5.74) is 0.668. The van der Waals surface area contributed by atoms with E-state index in [0.29, 0.717) is 28.7 Å². The van der Waals surface area contributed by atoms with E-state index >= 15 is 0 Å². The fourth-order valence-electron chi connectivity index (χ4n) is 1.40. The van der Waals surface area contributed by atoms with Crippen LogP contribution in [0.4, 0.5) is 0 Å². The third kappa shape index (κ3) is 3.53. The molecule has 1 rings (SSSR count). The molecule has 1 aromatic carbocycles. The average molecular weight is 241 g/mol. The molecule has 0 spiro atoms. The van der Waals surface area contributed by atoms with Crippen LogP contribution in [0.25, 0.3) is 0 Å².